The summed E-state index contributed by atoms with van der Waals surface area (Å²) in [6.45, 7) is 4.89. The monoisotopic (exact) mass is 258 g/mol. The molecule has 96 valence electrons. The van der Waals surface area contributed by atoms with Gasteiger partial charge in [-0.3, -0.25) is 5.10 Å². The van der Waals surface area contributed by atoms with Gasteiger partial charge in [0.2, 0.25) is 10.0 Å². The van der Waals surface area contributed by atoms with Crippen molar-refractivity contribution in [1.29, 1.82) is 0 Å². The van der Waals surface area contributed by atoms with Gasteiger partial charge in [-0.1, -0.05) is 6.92 Å². The highest BCUT2D eigenvalue weighted by Gasteiger charge is 2.24. The Kier molecular flexibility index (Phi) is 3.80. The van der Waals surface area contributed by atoms with Gasteiger partial charge in [0.05, 0.1) is 6.20 Å². The smallest absolute Gasteiger partial charge is 0.243 e. The first-order valence-corrected chi connectivity index (χ1v) is 7.33. The van der Waals surface area contributed by atoms with E-state index in [9.17, 15) is 8.42 Å². The molecule has 1 aromatic heterocycles. The second-order valence-corrected chi connectivity index (χ2v) is 6.00. The molecule has 0 aromatic carbocycles. The van der Waals surface area contributed by atoms with Crippen molar-refractivity contribution >= 4 is 10.0 Å². The third-order valence-electron chi connectivity index (χ3n) is 3.06. The van der Waals surface area contributed by atoms with E-state index >= 15 is 0 Å². The van der Waals surface area contributed by atoms with Crippen LogP contribution in [0.1, 0.15) is 19.8 Å². The SMILES string of the molecule is CCN1CCC[C@@H](NS(=O)(=O)c2cn[nH]c2)C1. The summed E-state index contributed by atoms with van der Waals surface area (Å²) in [6.07, 6.45) is 4.64. The normalized spacial score (nSPS) is 22.8. The van der Waals surface area contributed by atoms with Gasteiger partial charge in [0.25, 0.3) is 0 Å². The molecule has 1 atom stereocenters. The predicted octanol–water partition coefficient (Wildman–Crippen LogP) is 0.172. The van der Waals surface area contributed by atoms with Crippen molar-refractivity contribution in [3.8, 4) is 0 Å². The third-order valence-corrected chi connectivity index (χ3v) is 4.55. The summed E-state index contributed by atoms with van der Waals surface area (Å²) in [5.74, 6) is 0. The van der Waals surface area contributed by atoms with E-state index in [1.807, 2.05) is 0 Å². The Bertz CT molecular complexity index is 443. The van der Waals surface area contributed by atoms with E-state index in [0.717, 1.165) is 32.5 Å². The average molecular weight is 258 g/mol. The number of sulfonamides is 1. The van der Waals surface area contributed by atoms with E-state index in [1.165, 1.54) is 12.4 Å². The lowest BCUT2D eigenvalue weighted by atomic mass is 10.1. The first-order chi connectivity index (χ1) is 8.12. The largest absolute Gasteiger partial charge is 0.302 e. The van der Waals surface area contributed by atoms with Crippen LogP contribution >= 0.6 is 0 Å². The Labute approximate surface area is 101 Å². The second kappa shape index (κ2) is 5.16. The third kappa shape index (κ3) is 3.05. The summed E-state index contributed by atoms with van der Waals surface area (Å²) < 4.78 is 26.7. The van der Waals surface area contributed by atoms with Crippen molar-refractivity contribution in [3.05, 3.63) is 12.4 Å². The van der Waals surface area contributed by atoms with E-state index in [2.05, 4.69) is 26.7 Å². The molecule has 0 saturated carbocycles. The molecule has 2 N–H and O–H groups in total. The Morgan fingerprint density at radius 2 is 2.47 bits per heavy atom. The van der Waals surface area contributed by atoms with Crippen molar-refractivity contribution in [2.24, 2.45) is 0 Å². The van der Waals surface area contributed by atoms with E-state index in [4.69, 9.17) is 0 Å². The van der Waals surface area contributed by atoms with Gasteiger partial charge in [0.15, 0.2) is 0 Å². The van der Waals surface area contributed by atoms with E-state index in [1.54, 1.807) is 0 Å². The molecule has 1 aromatic rings. The summed E-state index contributed by atoms with van der Waals surface area (Å²) in [6, 6.07) is 0.00333. The van der Waals surface area contributed by atoms with Gasteiger partial charge in [-0.25, -0.2) is 13.1 Å². The Morgan fingerprint density at radius 3 is 3.12 bits per heavy atom. The molecular formula is C10H18N4O2S. The molecule has 2 rings (SSSR count). The van der Waals surface area contributed by atoms with E-state index in [-0.39, 0.29) is 10.9 Å². The minimum atomic E-state index is -3.42. The van der Waals surface area contributed by atoms with Gasteiger partial charge >= 0.3 is 0 Å². The van der Waals surface area contributed by atoms with Gasteiger partial charge in [-0.2, -0.15) is 5.10 Å². The van der Waals surface area contributed by atoms with Crippen molar-refractivity contribution in [3.63, 3.8) is 0 Å². The fourth-order valence-corrected chi connectivity index (χ4v) is 3.28. The highest BCUT2D eigenvalue weighted by atomic mass is 32.2. The topological polar surface area (TPSA) is 78.1 Å². The number of aromatic amines is 1. The van der Waals surface area contributed by atoms with Crippen molar-refractivity contribution in [2.45, 2.75) is 30.7 Å². The number of nitrogens with zero attached hydrogens (tertiary/aromatic N) is 2. The molecule has 1 aliphatic heterocycles. The molecule has 0 spiro atoms. The molecule has 2 heterocycles. The number of H-pyrrole nitrogens is 1. The fraction of sp³-hybridized carbons (Fsp3) is 0.700. The van der Waals surface area contributed by atoms with Crippen LogP contribution in [0, 0.1) is 0 Å². The van der Waals surface area contributed by atoms with Crippen molar-refractivity contribution < 1.29 is 8.42 Å². The molecule has 0 unspecified atom stereocenters. The van der Waals surface area contributed by atoms with Crippen LogP contribution in [-0.4, -0.2) is 49.2 Å². The number of nitrogens with one attached hydrogen (secondary N) is 2. The standard InChI is InChI=1S/C10H18N4O2S/c1-2-14-5-3-4-9(8-14)13-17(15,16)10-6-11-12-7-10/h6-7,9,13H,2-5,8H2,1H3,(H,11,12)/t9-/m1/s1. The minimum Gasteiger partial charge on any atom is -0.302 e. The lowest BCUT2D eigenvalue weighted by molar-refractivity contribution is 0.211. The molecule has 1 saturated heterocycles. The van der Waals surface area contributed by atoms with Gasteiger partial charge in [0.1, 0.15) is 4.90 Å². The molecule has 7 heteroatoms. The fourth-order valence-electron chi connectivity index (χ4n) is 2.11. The van der Waals surface area contributed by atoms with Gasteiger partial charge in [-0.05, 0) is 25.9 Å². The number of piperidine rings is 1. The van der Waals surface area contributed by atoms with Crippen LogP contribution in [0.15, 0.2) is 17.3 Å². The number of hydrogen-bond acceptors (Lipinski definition) is 4. The highest BCUT2D eigenvalue weighted by molar-refractivity contribution is 7.89. The highest BCUT2D eigenvalue weighted by Crippen LogP contribution is 2.13. The predicted molar refractivity (Wildman–Crippen MR) is 64.0 cm³/mol. The minimum absolute atomic E-state index is 0.00333. The van der Waals surface area contributed by atoms with Crippen LogP contribution in [0.4, 0.5) is 0 Å². The zero-order chi connectivity index (χ0) is 12.3. The van der Waals surface area contributed by atoms with Crippen LogP contribution in [0.5, 0.6) is 0 Å². The van der Waals surface area contributed by atoms with Gasteiger partial charge in [-0.15, -0.1) is 0 Å². The second-order valence-electron chi connectivity index (χ2n) is 4.29. The van der Waals surface area contributed by atoms with Crippen LogP contribution in [0.2, 0.25) is 0 Å². The molecule has 0 aliphatic carbocycles. The number of likely N-dealkylation sites (tertiary alicyclic amines) is 1. The average Bonchev–Trinajstić information content (AvgIpc) is 2.83. The first-order valence-electron chi connectivity index (χ1n) is 5.85. The maximum atomic E-state index is 12.0. The summed E-state index contributed by atoms with van der Waals surface area (Å²) in [5.41, 5.74) is 0. The number of rotatable bonds is 4. The molecule has 6 nitrogen and oxygen atoms in total. The zero-order valence-corrected chi connectivity index (χ0v) is 10.7. The van der Waals surface area contributed by atoms with Crippen molar-refractivity contribution in [1.82, 2.24) is 19.8 Å². The van der Waals surface area contributed by atoms with Crippen LogP contribution in [0.3, 0.4) is 0 Å². The molecule has 1 aliphatic rings. The zero-order valence-electron chi connectivity index (χ0n) is 9.89. The molecule has 17 heavy (non-hydrogen) atoms. The van der Waals surface area contributed by atoms with Gasteiger partial charge in [0, 0.05) is 18.8 Å². The molecule has 0 radical (unpaired) electrons. The summed E-state index contributed by atoms with van der Waals surface area (Å²) in [7, 11) is -3.42. The maximum Gasteiger partial charge on any atom is 0.243 e. The number of hydrogen-bond donors (Lipinski definition) is 2. The summed E-state index contributed by atoms with van der Waals surface area (Å²) in [4.78, 5) is 2.46. The van der Waals surface area contributed by atoms with Crippen molar-refractivity contribution in [2.75, 3.05) is 19.6 Å². The maximum absolute atomic E-state index is 12.0. The Hall–Kier alpha value is -0.920. The molecule has 0 bridgehead atoms. The summed E-state index contributed by atoms with van der Waals surface area (Å²) >= 11 is 0. The number of likely N-dealkylation sites (N-methyl/N-ethyl adjacent to an activating group) is 1. The molecule has 0 amide bonds. The lowest BCUT2D eigenvalue weighted by Gasteiger charge is -2.31. The number of aromatic nitrogens is 2. The van der Waals surface area contributed by atoms with E-state index in [0.29, 0.717) is 0 Å². The Balaban J connectivity index is 2.01. The quantitative estimate of drug-likeness (QED) is 0.807. The first kappa shape index (κ1) is 12.5. The molecular weight excluding hydrogens is 240 g/mol. The van der Waals surface area contributed by atoms with Crippen LogP contribution in [0.25, 0.3) is 0 Å². The van der Waals surface area contributed by atoms with Crippen LogP contribution < -0.4 is 4.72 Å². The summed E-state index contributed by atoms with van der Waals surface area (Å²) in [5, 5.41) is 6.17. The Morgan fingerprint density at radius 1 is 1.65 bits per heavy atom. The van der Waals surface area contributed by atoms with Gasteiger partial charge < -0.3 is 4.90 Å². The van der Waals surface area contributed by atoms with E-state index < -0.39 is 10.0 Å². The molecule has 1 fully saturated rings. The lowest BCUT2D eigenvalue weighted by Crippen LogP contribution is -2.47. The van der Waals surface area contributed by atoms with Crippen LogP contribution in [-0.2, 0) is 10.0 Å².